The average molecular weight is 360 g/mol. The van der Waals surface area contributed by atoms with Crippen LogP contribution in [-0.4, -0.2) is 32.6 Å². The maximum atomic E-state index is 5.62. The Kier molecular flexibility index (Phi) is 5.38. The summed E-state index contributed by atoms with van der Waals surface area (Å²) in [4.78, 5) is 16.2. The Labute approximate surface area is 153 Å². The molecule has 0 N–H and O–H groups in total. The highest BCUT2D eigenvalue weighted by Gasteiger charge is 2.19. The SMILES string of the molecule is Cl.Cn1ccnc1-c1cnc(N2CCCCCC2)nc1-c1ccco1. The molecule has 0 radical (unpaired) electrons. The molecule has 1 fully saturated rings. The van der Waals surface area contributed by atoms with Gasteiger partial charge in [-0.15, -0.1) is 12.4 Å². The van der Waals surface area contributed by atoms with E-state index in [1.807, 2.05) is 36.1 Å². The summed E-state index contributed by atoms with van der Waals surface area (Å²) in [7, 11) is 1.97. The van der Waals surface area contributed by atoms with Crippen molar-refractivity contribution in [3.63, 3.8) is 0 Å². The van der Waals surface area contributed by atoms with E-state index >= 15 is 0 Å². The van der Waals surface area contributed by atoms with Gasteiger partial charge >= 0.3 is 0 Å². The number of hydrogen-bond acceptors (Lipinski definition) is 5. The predicted octanol–water partition coefficient (Wildman–Crippen LogP) is 3.94. The Morgan fingerprint density at radius 1 is 1.08 bits per heavy atom. The van der Waals surface area contributed by atoms with E-state index in [1.54, 1.807) is 12.5 Å². The molecule has 4 rings (SSSR count). The molecular weight excluding hydrogens is 338 g/mol. The fourth-order valence-electron chi connectivity index (χ4n) is 3.19. The molecule has 1 aliphatic rings. The quantitative estimate of drug-likeness (QED) is 0.708. The van der Waals surface area contributed by atoms with E-state index in [0.717, 1.165) is 41.9 Å². The zero-order chi connectivity index (χ0) is 16.4. The Morgan fingerprint density at radius 3 is 2.52 bits per heavy atom. The topological polar surface area (TPSA) is 60.0 Å². The molecule has 0 atom stereocenters. The van der Waals surface area contributed by atoms with Crippen LogP contribution in [0.5, 0.6) is 0 Å². The molecule has 0 aliphatic carbocycles. The van der Waals surface area contributed by atoms with Crippen molar-refractivity contribution in [2.75, 3.05) is 18.0 Å². The van der Waals surface area contributed by atoms with E-state index in [9.17, 15) is 0 Å². The van der Waals surface area contributed by atoms with Crippen LogP contribution >= 0.6 is 12.4 Å². The van der Waals surface area contributed by atoms with E-state index < -0.39 is 0 Å². The van der Waals surface area contributed by atoms with Crippen molar-refractivity contribution < 1.29 is 4.42 Å². The van der Waals surface area contributed by atoms with Gasteiger partial charge in [0, 0.05) is 38.7 Å². The van der Waals surface area contributed by atoms with Crippen LogP contribution in [0, 0.1) is 0 Å². The van der Waals surface area contributed by atoms with Gasteiger partial charge in [-0.2, -0.15) is 0 Å². The smallest absolute Gasteiger partial charge is 0.226 e. The fraction of sp³-hybridized carbons (Fsp3) is 0.389. The number of imidazole rings is 1. The summed E-state index contributed by atoms with van der Waals surface area (Å²) in [5, 5.41) is 0. The van der Waals surface area contributed by atoms with Gasteiger partial charge in [-0.05, 0) is 25.0 Å². The van der Waals surface area contributed by atoms with Crippen LogP contribution < -0.4 is 4.90 Å². The van der Waals surface area contributed by atoms with E-state index in [2.05, 4.69) is 14.9 Å². The van der Waals surface area contributed by atoms with Gasteiger partial charge in [-0.25, -0.2) is 15.0 Å². The molecule has 0 spiro atoms. The van der Waals surface area contributed by atoms with Gasteiger partial charge in [0.05, 0.1) is 11.8 Å². The maximum absolute atomic E-state index is 5.62. The van der Waals surface area contributed by atoms with Crippen molar-refractivity contribution in [3.05, 3.63) is 37.0 Å². The standard InChI is InChI=1S/C18H21N5O.ClH/c1-22-11-8-19-17(22)14-13-20-18(23-9-4-2-3-5-10-23)21-16(14)15-7-6-12-24-15;/h6-8,11-13H,2-5,9-10H2,1H3;1H. The fourth-order valence-corrected chi connectivity index (χ4v) is 3.19. The first kappa shape index (κ1) is 17.5. The number of rotatable bonds is 3. The minimum atomic E-state index is 0. The minimum Gasteiger partial charge on any atom is -0.463 e. The lowest BCUT2D eigenvalue weighted by atomic mass is 10.2. The molecule has 1 saturated heterocycles. The first-order chi connectivity index (χ1) is 11.8. The van der Waals surface area contributed by atoms with Gasteiger partial charge < -0.3 is 13.9 Å². The summed E-state index contributed by atoms with van der Waals surface area (Å²) in [6.07, 6.45) is 12.2. The summed E-state index contributed by atoms with van der Waals surface area (Å²) in [5.41, 5.74) is 1.68. The number of hydrogen-bond donors (Lipinski definition) is 0. The molecule has 132 valence electrons. The Morgan fingerprint density at radius 2 is 1.88 bits per heavy atom. The van der Waals surface area contributed by atoms with Gasteiger partial charge in [-0.3, -0.25) is 0 Å². The van der Waals surface area contributed by atoms with E-state index in [4.69, 9.17) is 9.40 Å². The van der Waals surface area contributed by atoms with Crippen LogP contribution in [0.3, 0.4) is 0 Å². The van der Waals surface area contributed by atoms with E-state index in [1.165, 1.54) is 25.7 Å². The van der Waals surface area contributed by atoms with Crippen molar-refractivity contribution in [2.45, 2.75) is 25.7 Å². The number of furan rings is 1. The van der Waals surface area contributed by atoms with Crippen LogP contribution in [-0.2, 0) is 7.05 Å². The van der Waals surface area contributed by atoms with Gasteiger partial charge in [0.15, 0.2) is 5.76 Å². The lowest BCUT2D eigenvalue weighted by Crippen LogP contribution is -2.26. The average Bonchev–Trinajstić information content (AvgIpc) is 3.20. The monoisotopic (exact) mass is 359 g/mol. The van der Waals surface area contributed by atoms with Crippen LogP contribution in [0.25, 0.3) is 22.8 Å². The molecule has 6 nitrogen and oxygen atoms in total. The second-order valence-corrected chi connectivity index (χ2v) is 6.17. The molecule has 4 heterocycles. The summed E-state index contributed by atoms with van der Waals surface area (Å²) in [6, 6.07) is 3.81. The minimum absolute atomic E-state index is 0. The molecule has 0 aromatic carbocycles. The lowest BCUT2D eigenvalue weighted by Gasteiger charge is -2.21. The van der Waals surface area contributed by atoms with Crippen molar-refractivity contribution >= 4 is 18.4 Å². The van der Waals surface area contributed by atoms with Crippen molar-refractivity contribution in [1.82, 2.24) is 19.5 Å². The predicted molar refractivity (Wildman–Crippen MR) is 99.9 cm³/mol. The molecule has 25 heavy (non-hydrogen) atoms. The van der Waals surface area contributed by atoms with Crippen LogP contribution in [0.1, 0.15) is 25.7 Å². The van der Waals surface area contributed by atoms with Crippen LogP contribution in [0.15, 0.2) is 41.4 Å². The molecule has 3 aromatic rings. The Bertz CT molecular complexity index is 807. The van der Waals surface area contributed by atoms with Gasteiger partial charge in [0.1, 0.15) is 11.5 Å². The number of nitrogens with zero attached hydrogens (tertiary/aromatic N) is 5. The second kappa shape index (κ2) is 7.70. The highest BCUT2D eigenvalue weighted by atomic mass is 35.5. The third kappa shape index (κ3) is 3.54. The number of anilines is 1. The zero-order valence-corrected chi connectivity index (χ0v) is 15.1. The molecule has 0 bridgehead atoms. The molecule has 0 amide bonds. The normalized spacial score (nSPS) is 14.8. The summed E-state index contributed by atoms with van der Waals surface area (Å²) in [6.45, 7) is 2.03. The Hall–Kier alpha value is -2.34. The third-order valence-electron chi connectivity index (χ3n) is 4.48. The highest BCUT2D eigenvalue weighted by molar-refractivity contribution is 5.85. The van der Waals surface area contributed by atoms with Crippen molar-refractivity contribution in [2.24, 2.45) is 7.05 Å². The van der Waals surface area contributed by atoms with Crippen LogP contribution in [0.2, 0.25) is 0 Å². The Balaban J connectivity index is 0.00000182. The second-order valence-electron chi connectivity index (χ2n) is 6.17. The summed E-state index contributed by atoms with van der Waals surface area (Å²) < 4.78 is 7.59. The number of halogens is 1. The molecule has 0 unspecified atom stereocenters. The number of aryl methyl sites for hydroxylation is 1. The lowest BCUT2D eigenvalue weighted by molar-refractivity contribution is 0.579. The van der Waals surface area contributed by atoms with E-state index in [0.29, 0.717) is 0 Å². The summed E-state index contributed by atoms with van der Waals surface area (Å²) >= 11 is 0. The van der Waals surface area contributed by atoms with Crippen molar-refractivity contribution in [1.29, 1.82) is 0 Å². The molecule has 0 saturated carbocycles. The third-order valence-corrected chi connectivity index (χ3v) is 4.48. The van der Waals surface area contributed by atoms with Gasteiger partial charge in [0.2, 0.25) is 5.95 Å². The highest BCUT2D eigenvalue weighted by Crippen LogP contribution is 2.31. The molecule has 1 aliphatic heterocycles. The first-order valence-corrected chi connectivity index (χ1v) is 8.46. The zero-order valence-electron chi connectivity index (χ0n) is 14.3. The molecule has 7 heteroatoms. The van der Waals surface area contributed by atoms with E-state index in [-0.39, 0.29) is 12.4 Å². The summed E-state index contributed by atoms with van der Waals surface area (Å²) in [5.74, 6) is 2.36. The van der Waals surface area contributed by atoms with Crippen LogP contribution in [0.4, 0.5) is 5.95 Å². The maximum Gasteiger partial charge on any atom is 0.226 e. The molecule has 3 aromatic heterocycles. The number of aromatic nitrogens is 4. The molecular formula is C18H22ClN5O. The van der Waals surface area contributed by atoms with Gasteiger partial charge in [0.25, 0.3) is 0 Å². The van der Waals surface area contributed by atoms with Crippen molar-refractivity contribution in [3.8, 4) is 22.8 Å². The first-order valence-electron chi connectivity index (χ1n) is 8.46. The largest absolute Gasteiger partial charge is 0.463 e. The van der Waals surface area contributed by atoms with Gasteiger partial charge in [-0.1, -0.05) is 12.8 Å².